The molecule has 0 aliphatic carbocycles. The molecule has 0 aliphatic heterocycles. The van der Waals surface area contributed by atoms with E-state index in [1.165, 1.54) is 5.56 Å². The number of benzene rings is 3. The molecule has 30 heavy (non-hydrogen) atoms. The summed E-state index contributed by atoms with van der Waals surface area (Å²) in [7, 11) is 3.28. The van der Waals surface area contributed by atoms with Crippen molar-refractivity contribution in [3.63, 3.8) is 0 Å². The number of rotatable bonds is 9. The fraction of sp³-hybridized carbons (Fsp3) is 0.208. The first kappa shape index (κ1) is 21.9. The van der Waals surface area contributed by atoms with Crippen molar-refractivity contribution in [2.24, 2.45) is 0 Å². The second-order valence-corrected chi connectivity index (χ2v) is 7.48. The zero-order valence-electron chi connectivity index (χ0n) is 17.0. The highest BCUT2D eigenvalue weighted by Gasteiger charge is 2.09. The van der Waals surface area contributed by atoms with Crippen LogP contribution in [0.25, 0.3) is 0 Å². The normalized spacial score (nSPS) is 10.4. The summed E-state index contributed by atoms with van der Waals surface area (Å²) in [5.41, 5.74) is 3.13. The van der Waals surface area contributed by atoms with Crippen LogP contribution in [0.5, 0.6) is 17.2 Å². The van der Waals surface area contributed by atoms with Gasteiger partial charge in [0.25, 0.3) is 0 Å². The van der Waals surface area contributed by atoms with E-state index in [4.69, 9.17) is 38.0 Å². The van der Waals surface area contributed by atoms with Gasteiger partial charge in [-0.15, -0.1) is 0 Å². The Morgan fingerprint density at radius 1 is 0.867 bits per heavy atom. The molecule has 1 N–H and O–H groups in total. The number of methoxy groups -OCH3 is 2. The highest BCUT2D eigenvalue weighted by Crippen LogP contribution is 2.29. The van der Waals surface area contributed by atoms with Crippen LogP contribution in [0.2, 0.25) is 5.02 Å². The summed E-state index contributed by atoms with van der Waals surface area (Å²) in [6.45, 7) is 1.17. The van der Waals surface area contributed by atoms with E-state index in [0.717, 1.165) is 29.8 Å². The Morgan fingerprint density at radius 2 is 1.57 bits per heavy atom. The van der Waals surface area contributed by atoms with E-state index in [2.05, 4.69) is 17.4 Å². The van der Waals surface area contributed by atoms with Gasteiger partial charge in [0.05, 0.1) is 14.2 Å². The molecular formula is C24H24ClNO3S. The van der Waals surface area contributed by atoms with E-state index in [1.807, 2.05) is 54.6 Å². The van der Waals surface area contributed by atoms with Crippen LogP contribution in [0.15, 0.2) is 66.7 Å². The minimum absolute atomic E-state index is 0.428. The molecule has 0 bridgehead atoms. The highest BCUT2D eigenvalue weighted by atomic mass is 35.5. The summed E-state index contributed by atoms with van der Waals surface area (Å²) < 4.78 is 16.6. The standard InChI is InChI=1S/C24H24ClNO3S/c1-27-21-10-5-17(6-11-21)13-14-26-24(30)19-7-12-22(23(15-19)28-2)29-16-18-3-8-20(25)9-4-18/h3-12,15H,13-14,16H2,1-2H3,(H,26,30). The van der Waals surface area contributed by atoms with Crippen LogP contribution in [0, 0.1) is 0 Å². The van der Waals surface area contributed by atoms with Gasteiger partial charge in [0.1, 0.15) is 17.3 Å². The SMILES string of the molecule is COc1ccc(CCNC(=S)c2ccc(OCc3ccc(Cl)cc3)c(OC)c2)cc1. The molecule has 0 spiro atoms. The summed E-state index contributed by atoms with van der Waals surface area (Å²) in [6, 6.07) is 21.3. The quantitative estimate of drug-likeness (QED) is 0.447. The summed E-state index contributed by atoms with van der Waals surface area (Å²) in [5.74, 6) is 2.16. The van der Waals surface area contributed by atoms with Gasteiger partial charge < -0.3 is 19.5 Å². The van der Waals surface area contributed by atoms with Crippen LogP contribution in [0.3, 0.4) is 0 Å². The number of ether oxygens (including phenoxy) is 3. The smallest absolute Gasteiger partial charge is 0.161 e. The van der Waals surface area contributed by atoms with Crippen LogP contribution < -0.4 is 19.5 Å². The van der Waals surface area contributed by atoms with Gasteiger partial charge in [-0.1, -0.05) is 48.1 Å². The van der Waals surface area contributed by atoms with Crippen molar-refractivity contribution < 1.29 is 14.2 Å². The Bertz CT molecular complexity index is 975. The molecule has 0 amide bonds. The molecule has 0 radical (unpaired) electrons. The van der Waals surface area contributed by atoms with Crippen molar-refractivity contribution in [1.29, 1.82) is 0 Å². The van der Waals surface area contributed by atoms with Crippen molar-refractivity contribution in [3.8, 4) is 17.2 Å². The first-order valence-electron chi connectivity index (χ1n) is 9.55. The molecule has 156 valence electrons. The lowest BCUT2D eigenvalue weighted by molar-refractivity contribution is 0.284. The van der Waals surface area contributed by atoms with Gasteiger partial charge in [-0.2, -0.15) is 0 Å². The number of halogens is 1. The first-order valence-corrected chi connectivity index (χ1v) is 10.3. The molecule has 0 saturated heterocycles. The Kier molecular flexibility index (Phi) is 7.94. The summed E-state index contributed by atoms with van der Waals surface area (Å²) in [5, 5.41) is 4.00. The first-order chi connectivity index (χ1) is 14.6. The zero-order chi connectivity index (χ0) is 21.3. The van der Waals surface area contributed by atoms with E-state index < -0.39 is 0 Å². The van der Waals surface area contributed by atoms with Crippen molar-refractivity contribution in [1.82, 2.24) is 5.32 Å². The van der Waals surface area contributed by atoms with Crippen LogP contribution in [0.1, 0.15) is 16.7 Å². The number of hydrogen-bond donors (Lipinski definition) is 1. The lowest BCUT2D eigenvalue weighted by Gasteiger charge is -2.14. The zero-order valence-corrected chi connectivity index (χ0v) is 18.6. The van der Waals surface area contributed by atoms with E-state index >= 15 is 0 Å². The number of nitrogens with one attached hydrogen (secondary N) is 1. The van der Waals surface area contributed by atoms with Crippen LogP contribution in [-0.2, 0) is 13.0 Å². The van der Waals surface area contributed by atoms with Crippen LogP contribution in [0.4, 0.5) is 0 Å². The molecule has 3 aromatic rings. The van der Waals surface area contributed by atoms with Crippen molar-refractivity contribution in [2.75, 3.05) is 20.8 Å². The summed E-state index contributed by atoms with van der Waals surface area (Å²) in [6.07, 6.45) is 0.865. The van der Waals surface area contributed by atoms with E-state index in [1.54, 1.807) is 14.2 Å². The predicted octanol–water partition coefficient (Wildman–Crippen LogP) is 5.44. The average Bonchev–Trinajstić information content (AvgIpc) is 2.79. The largest absolute Gasteiger partial charge is 0.497 e. The van der Waals surface area contributed by atoms with E-state index in [-0.39, 0.29) is 0 Å². The third-order valence-electron chi connectivity index (χ3n) is 4.59. The van der Waals surface area contributed by atoms with Crippen molar-refractivity contribution >= 4 is 28.8 Å². The molecule has 0 heterocycles. The van der Waals surface area contributed by atoms with Crippen LogP contribution in [-0.4, -0.2) is 25.8 Å². The highest BCUT2D eigenvalue weighted by molar-refractivity contribution is 7.80. The van der Waals surface area contributed by atoms with Gasteiger partial charge in [-0.25, -0.2) is 0 Å². The Morgan fingerprint density at radius 3 is 2.23 bits per heavy atom. The molecule has 0 unspecified atom stereocenters. The molecular weight excluding hydrogens is 418 g/mol. The third kappa shape index (κ3) is 6.12. The Labute approximate surface area is 187 Å². The number of thiocarbonyl (C=S) groups is 1. The monoisotopic (exact) mass is 441 g/mol. The second kappa shape index (κ2) is 10.9. The second-order valence-electron chi connectivity index (χ2n) is 6.63. The fourth-order valence-electron chi connectivity index (χ4n) is 2.88. The molecule has 3 rings (SSSR count). The summed E-state index contributed by atoms with van der Waals surface area (Å²) in [4.78, 5) is 0.672. The maximum atomic E-state index is 5.92. The van der Waals surface area contributed by atoms with Crippen LogP contribution >= 0.6 is 23.8 Å². The molecule has 0 saturated carbocycles. The summed E-state index contributed by atoms with van der Waals surface area (Å²) >= 11 is 11.5. The molecule has 0 atom stereocenters. The Balaban J connectivity index is 1.55. The van der Waals surface area contributed by atoms with E-state index in [9.17, 15) is 0 Å². The molecule has 6 heteroatoms. The average molecular weight is 442 g/mol. The predicted molar refractivity (Wildman–Crippen MR) is 125 cm³/mol. The van der Waals surface area contributed by atoms with Gasteiger partial charge in [0.2, 0.25) is 0 Å². The van der Waals surface area contributed by atoms with Crippen molar-refractivity contribution in [2.45, 2.75) is 13.0 Å². The molecule has 3 aromatic carbocycles. The van der Waals surface area contributed by atoms with Gasteiger partial charge in [0, 0.05) is 17.1 Å². The molecule has 0 aliphatic rings. The van der Waals surface area contributed by atoms with Gasteiger partial charge >= 0.3 is 0 Å². The number of hydrogen-bond acceptors (Lipinski definition) is 4. The minimum Gasteiger partial charge on any atom is -0.497 e. The lowest BCUT2D eigenvalue weighted by Crippen LogP contribution is -2.24. The maximum Gasteiger partial charge on any atom is 0.161 e. The topological polar surface area (TPSA) is 39.7 Å². The van der Waals surface area contributed by atoms with E-state index in [0.29, 0.717) is 28.1 Å². The van der Waals surface area contributed by atoms with Crippen molar-refractivity contribution in [3.05, 3.63) is 88.4 Å². The molecule has 0 aromatic heterocycles. The van der Waals surface area contributed by atoms with Gasteiger partial charge in [-0.05, 0) is 60.0 Å². The van der Waals surface area contributed by atoms with Gasteiger partial charge in [0.15, 0.2) is 11.5 Å². The maximum absolute atomic E-state index is 5.92. The molecule has 0 fully saturated rings. The lowest BCUT2D eigenvalue weighted by atomic mass is 10.1. The fourth-order valence-corrected chi connectivity index (χ4v) is 3.24. The van der Waals surface area contributed by atoms with Gasteiger partial charge in [-0.3, -0.25) is 0 Å². The molecule has 4 nitrogen and oxygen atoms in total. The third-order valence-corrected chi connectivity index (χ3v) is 5.22. The Hall–Kier alpha value is -2.76. The minimum atomic E-state index is 0.428.